The molecule has 0 spiro atoms. The fourth-order valence-corrected chi connectivity index (χ4v) is 2.61. The molecular weight excluding hydrogens is 248 g/mol. The predicted molar refractivity (Wildman–Crippen MR) is 66.9 cm³/mol. The van der Waals surface area contributed by atoms with Gasteiger partial charge in [-0.2, -0.15) is 0 Å². The van der Waals surface area contributed by atoms with Gasteiger partial charge >= 0.3 is 5.97 Å². The molecule has 1 atom stereocenters. The van der Waals surface area contributed by atoms with Gasteiger partial charge in [-0.1, -0.05) is 5.16 Å². The number of nitrogens with zero attached hydrogens (tertiary/aromatic N) is 2. The van der Waals surface area contributed by atoms with E-state index in [2.05, 4.69) is 5.16 Å². The summed E-state index contributed by atoms with van der Waals surface area (Å²) < 4.78 is 5.01. The van der Waals surface area contributed by atoms with E-state index < -0.39 is 5.97 Å². The van der Waals surface area contributed by atoms with Crippen LogP contribution in [0.25, 0.3) is 0 Å². The Hall–Kier alpha value is -1.85. The number of rotatable bonds is 3. The molecule has 1 amide bonds. The maximum absolute atomic E-state index is 12.5. The largest absolute Gasteiger partial charge is 0.481 e. The van der Waals surface area contributed by atoms with E-state index in [1.165, 1.54) is 0 Å². The van der Waals surface area contributed by atoms with Gasteiger partial charge in [-0.05, 0) is 33.1 Å². The van der Waals surface area contributed by atoms with Crippen molar-refractivity contribution in [1.82, 2.24) is 10.1 Å². The lowest BCUT2D eigenvalue weighted by Crippen LogP contribution is -2.45. The van der Waals surface area contributed by atoms with Crippen LogP contribution in [0.4, 0.5) is 0 Å². The number of amides is 1. The summed E-state index contributed by atoms with van der Waals surface area (Å²) in [6.07, 6.45) is 2.60. The monoisotopic (exact) mass is 266 g/mol. The van der Waals surface area contributed by atoms with Crippen molar-refractivity contribution < 1.29 is 19.2 Å². The molecule has 1 aromatic rings. The second-order valence-corrected chi connectivity index (χ2v) is 4.95. The summed E-state index contributed by atoms with van der Waals surface area (Å²) in [5.74, 6) is -0.548. The van der Waals surface area contributed by atoms with Gasteiger partial charge < -0.3 is 14.5 Å². The molecule has 1 saturated heterocycles. The molecule has 0 bridgehead atoms. The van der Waals surface area contributed by atoms with Crippen molar-refractivity contribution in [3.8, 4) is 0 Å². The zero-order valence-corrected chi connectivity index (χ0v) is 11.2. The number of aliphatic carboxylic acids is 1. The molecule has 1 aromatic heterocycles. The smallest absolute Gasteiger partial charge is 0.305 e. The third-order valence-electron chi connectivity index (χ3n) is 3.55. The normalized spacial score (nSPS) is 19.5. The first kappa shape index (κ1) is 13.6. The lowest BCUT2D eigenvalue weighted by atomic mass is 9.98. The topological polar surface area (TPSA) is 83.6 Å². The number of hydrogen-bond donors (Lipinski definition) is 1. The van der Waals surface area contributed by atoms with E-state index in [1.54, 1.807) is 18.7 Å². The van der Waals surface area contributed by atoms with Gasteiger partial charge in [0.25, 0.3) is 5.91 Å². The molecule has 104 valence electrons. The molecular formula is C13H18N2O4. The average Bonchev–Trinajstić information content (AvgIpc) is 2.68. The molecule has 1 fully saturated rings. The van der Waals surface area contributed by atoms with Crippen molar-refractivity contribution in [3.05, 3.63) is 17.0 Å². The number of piperidine rings is 1. The van der Waals surface area contributed by atoms with Crippen LogP contribution in [0, 0.1) is 13.8 Å². The fraction of sp³-hybridized carbons (Fsp3) is 0.615. The fourth-order valence-electron chi connectivity index (χ4n) is 2.61. The molecule has 1 aliphatic rings. The van der Waals surface area contributed by atoms with Gasteiger partial charge in [0, 0.05) is 12.6 Å². The first-order valence-electron chi connectivity index (χ1n) is 6.46. The van der Waals surface area contributed by atoms with Gasteiger partial charge in [0.05, 0.1) is 12.1 Å². The van der Waals surface area contributed by atoms with Gasteiger partial charge in [-0.25, -0.2) is 0 Å². The van der Waals surface area contributed by atoms with Crippen LogP contribution in [0.2, 0.25) is 0 Å². The van der Waals surface area contributed by atoms with E-state index in [1.807, 2.05) is 0 Å². The van der Waals surface area contributed by atoms with Crippen molar-refractivity contribution in [2.24, 2.45) is 0 Å². The van der Waals surface area contributed by atoms with Crippen molar-refractivity contribution in [1.29, 1.82) is 0 Å². The second-order valence-electron chi connectivity index (χ2n) is 4.95. The minimum Gasteiger partial charge on any atom is -0.481 e. The number of likely N-dealkylation sites (tertiary alicyclic amines) is 1. The van der Waals surface area contributed by atoms with Crippen LogP contribution in [0.15, 0.2) is 4.52 Å². The van der Waals surface area contributed by atoms with Gasteiger partial charge in [0.1, 0.15) is 11.3 Å². The average molecular weight is 266 g/mol. The van der Waals surface area contributed by atoms with Crippen LogP contribution in [0.5, 0.6) is 0 Å². The predicted octanol–water partition coefficient (Wildman–Crippen LogP) is 1.76. The number of aryl methyl sites for hydroxylation is 2. The zero-order valence-electron chi connectivity index (χ0n) is 11.2. The van der Waals surface area contributed by atoms with Crippen molar-refractivity contribution in [2.45, 2.75) is 45.6 Å². The molecule has 0 aliphatic carbocycles. The highest BCUT2D eigenvalue weighted by Crippen LogP contribution is 2.24. The molecule has 6 heteroatoms. The van der Waals surface area contributed by atoms with Crippen LogP contribution in [-0.2, 0) is 4.79 Å². The Labute approximate surface area is 111 Å². The maximum atomic E-state index is 12.5. The number of carbonyl (C=O) groups excluding carboxylic acids is 1. The third-order valence-corrected chi connectivity index (χ3v) is 3.55. The number of carbonyl (C=O) groups is 2. The Bertz CT molecular complexity index is 475. The van der Waals surface area contributed by atoms with Gasteiger partial charge in [0.15, 0.2) is 0 Å². The quantitative estimate of drug-likeness (QED) is 0.901. The molecule has 6 nitrogen and oxygen atoms in total. The van der Waals surface area contributed by atoms with Gasteiger partial charge in [0.2, 0.25) is 0 Å². The number of carboxylic acids is 1. The second kappa shape index (κ2) is 5.42. The first-order valence-corrected chi connectivity index (χ1v) is 6.46. The Morgan fingerprint density at radius 3 is 2.74 bits per heavy atom. The standard InChI is InChI=1S/C13H18N2O4/c1-8-12(9(2)19-14-8)13(18)15-6-4-3-5-10(15)7-11(16)17/h10H,3-7H2,1-2H3,(H,16,17). The highest BCUT2D eigenvalue weighted by Gasteiger charge is 2.31. The summed E-state index contributed by atoms with van der Waals surface area (Å²) in [6, 6.07) is -0.229. The first-order chi connectivity index (χ1) is 9.00. The highest BCUT2D eigenvalue weighted by molar-refractivity contribution is 5.96. The van der Waals surface area contributed by atoms with E-state index in [0.29, 0.717) is 23.6 Å². The van der Waals surface area contributed by atoms with Crippen LogP contribution >= 0.6 is 0 Å². The lowest BCUT2D eigenvalue weighted by molar-refractivity contribution is -0.138. The lowest BCUT2D eigenvalue weighted by Gasteiger charge is -2.34. The van der Waals surface area contributed by atoms with Crippen LogP contribution in [0.1, 0.15) is 47.5 Å². The molecule has 1 aliphatic heterocycles. The third kappa shape index (κ3) is 2.77. The summed E-state index contributed by atoms with van der Waals surface area (Å²) >= 11 is 0. The van der Waals surface area contributed by atoms with Crippen LogP contribution in [0.3, 0.4) is 0 Å². The SMILES string of the molecule is Cc1noc(C)c1C(=O)N1CCCCC1CC(=O)O. The van der Waals surface area contributed by atoms with Crippen molar-refractivity contribution in [3.63, 3.8) is 0 Å². The molecule has 1 N–H and O–H groups in total. The zero-order chi connectivity index (χ0) is 14.0. The Morgan fingerprint density at radius 2 is 2.16 bits per heavy atom. The minimum absolute atomic E-state index is 0.00485. The molecule has 0 radical (unpaired) electrons. The molecule has 1 unspecified atom stereocenters. The number of carboxylic acid groups (broad SMARTS) is 1. The number of aromatic nitrogens is 1. The molecule has 2 heterocycles. The summed E-state index contributed by atoms with van der Waals surface area (Å²) in [7, 11) is 0. The van der Waals surface area contributed by atoms with E-state index in [4.69, 9.17) is 9.63 Å². The summed E-state index contributed by atoms with van der Waals surface area (Å²) in [4.78, 5) is 25.1. The van der Waals surface area contributed by atoms with Crippen LogP contribution < -0.4 is 0 Å². The van der Waals surface area contributed by atoms with E-state index >= 15 is 0 Å². The number of hydrogen-bond acceptors (Lipinski definition) is 4. The van der Waals surface area contributed by atoms with E-state index in [-0.39, 0.29) is 18.4 Å². The molecule has 0 aromatic carbocycles. The summed E-state index contributed by atoms with van der Waals surface area (Å²) in [5.41, 5.74) is 1.03. The highest BCUT2D eigenvalue weighted by atomic mass is 16.5. The molecule has 2 rings (SSSR count). The van der Waals surface area contributed by atoms with Gasteiger partial charge in [-0.15, -0.1) is 0 Å². The minimum atomic E-state index is -0.872. The van der Waals surface area contributed by atoms with Crippen molar-refractivity contribution in [2.75, 3.05) is 6.54 Å². The van der Waals surface area contributed by atoms with Crippen LogP contribution in [-0.4, -0.2) is 39.6 Å². The Morgan fingerprint density at radius 1 is 1.42 bits per heavy atom. The summed E-state index contributed by atoms with van der Waals surface area (Å²) in [6.45, 7) is 4.02. The van der Waals surface area contributed by atoms with E-state index in [0.717, 1.165) is 19.3 Å². The Kier molecular flexibility index (Phi) is 3.87. The maximum Gasteiger partial charge on any atom is 0.305 e. The summed E-state index contributed by atoms with van der Waals surface area (Å²) in [5, 5.41) is 12.7. The molecule has 0 saturated carbocycles. The van der Waals surface area contributed by atoms with Gasteiger partial charge in [-0.3, -0.25) is 9.59 Å². The van der Waals surface area contributed by atoms with E-state index in [9.17, 15) is 9.59 Å². The Balaban J connectivity index is 2.22. The van der Waals surface area contributed by atoms with Crippen molar-refractivity contribution >= 4 is 11.9 Å². The molecule has 19 heavy (non-hydrogen) atoms.